The van der Waals surface area contributed by atoms with Crippen LogP contribution in [0, 0.1) is 0 Å². The van der Waals surface area contributed by atoms with Gasteiger partial charge in [0.15, 0.2) is 14.5 Å². The van der Waals surface area contributed by atoms with Crippen molar-refractivity contribution in [3.63, 3.8) is 0 Å². The van der Waals surface area contributed by atoms with Gasteiger partial charge in [0.05, 0.1) is 12.7 Å². The second-order valence-electron chi connectivity index (χ2n) is 3.07. The number of rotatable bonds is 7. The molecule has 3 N–H and O–H groups in total. The Morgan fingerprint density at radius 3 is 2.27 bits per heavy atom. The van der Waals surface area contributed by atoms with Gasteiger partial charge in [-0.25, -0.2) is 4.21 Å². The van der Waals surface area contributed by atoms with Crippen molar-refractivity contribution in [1.82, 2.24) is 0 Å². The van der Waals surface area contributed by atoms with E-state index in [1.807, 2.05) is 0 Å². The summed E-state index contributed by atoms with van der Waals surface area (Å²) in [5.41, 5.74) is 0. The molecule has 0 aliphatic carbocycles. The second-order valence-corrected chi connectivity index (χ2v) is 6.75. The first kappa shape index (κ1) is 19.1. The SMILES string of the molecule is O=S(O)C(S)(S)CCCCC(O)CO.[NaH]. The summed E-state index contributed by atoms with van der Waals surface area (Å²) in [6.07, 6.45) is 1.45. The maximum atomic E-state index is 10.7. The molecule has 0 saturated heterocycles. The third kappa shape index (κ3) is 9.43. The molecule has 2 unspecified atom stereocenters. The Morgan fingerprint density at radius 1 is 1.33 bits per heavy atom. The van der Waals surface area contributed by atoms with E-state index in [1.54, 1.807) is 0 Å². The molecule has 0 aromatic heterocycles. The molecule has 0 radical (unpaired) electrons. The van der Waals surface area contributed by atoms with Gasteiger partial charge >= 0.3 is 29.6 Å². The van der Waals surface area contributed by atoms with E-state index in [1.165, 1.54) is 0 Å². The Hall–Kier alpha value is 1.73. The van der Waals surface area contributed by atoms with Crippen LogP contribution in [0.4, 0.5) is 0 Å². The van der Waals surface area contributed by atoms with E-state index in [0.29, 0.717) is 25.7 Å². The van der Waals surface area contributed by atoms with Crippen LogP contribution < -0.4 is 0 Å². The maximum absolute atomic E-state index is 10.7. The monoisotopic (exact) mass is 284 g/mol. The first-order valence-electron chi connectivity index (χ1n) is 4.25. The number of thiol groups is 2. The van der Waals surface area contributed by atoms with Crippen molar-refractivity contribution in [2.24, 2.45) is 0 Å². The Morgan fingerprint density at radius 2 is 1.87 bits per heavy atom. The molecule has 0 rings (SSSR count). The normalized spacial score (nSPS) is 15.5. The number of aliphatic hydroxyl groups is 2. The van der Waals surface area contributed by atoms with E-state index < -0.39 is 20.6 Å². The van der Waals surface area contributed by atoms with Gasteiger partial charge in [0.1, 0.15) is 0 Å². The molecule has 8 heteroatoms. The summed E-state index contributed by atoms with van der Waals surface area (Å²) >= 11 is 5.79. The molecule has 0 aromatic rings. The first-order valence-corrected chi connectivity index (χ1v) is 6.25. The Bertz CT molecular complexity index is 191. The second kappa shape index (κ2) is 9.73. The van der Waals surface area contributed by atoms with Crippen molar-refractivity contribution in [3.05, 3.63) is 0 Å². The standard InChI is InChI=1S/C7H16O4S3.Na.H/c8-5-6(9)3-1-2-4-7(12,13)14(10)11;;/h6,8-9,12-13H,1-5H2,(H,10,11);;. The van der Waals surface area contributed by atoms with Crippen molar-refractivity contribution in [2.75, 3.05) is 6.61 Å². The van der Waals surface area contributed by atoms with E-state index >= 15 is 0 Å². The predicted molar refractivity (Wildman–Crippen MR) is 70.2 cm³/mol. The summed E-state index contributed by atoms with van der Waals surface area (Å²) < 4.78 is 18.2. The molecule has 0 heterocycles. The quantitative estimate of drug-likeness (QED) is 0.150. The van der Waals surface area contributed by atoms with Crippen LogP contribution >= 0.6 is 25.3 Å². The number of unbranched alkanes of at least 4 members (excludes halogenated alkanes) is 1. The number of hydrogen-bond donors (Lipinski definition) is 5. The van der Waals surface area contributed by atoms with Crippen LogP contribution in [0.25, 0.3) is 0 Å². The van der Waals surface area contributed by atoms with Crippen LogP contribution in [-0.4, -0.2) is 64.7 Å². The van der Waals surface area contributed by atoms with Crippen molar-refractivity contribution in [2.45, 2.75) is 35.2 Å². The fourth-order valence-electron chi connectivity index (χ4n) is 0.914. The summed E-state index contributed by atoms with van der Waals surface area (Å²) in [4.78, 5) is 0. The molecule has 0 aliphatic rings. The van der Waals surface area contributed by atoms with Gasteiger partial charge in [-0.3, -0.25) is 0 Å². The van der Waals surface area contributed by atoms with Crippen LogP contribution in [0.2, 0.25) is 0 Å². The zero-order chi connectivity index (χ0) is 11.2. The molecule has 2 atom stereocenters. The zero-order valence-electron chi connectivity index (χ0n) is 7.67. The molecule has 0 bridgehead atoms. The molecule has 0 fully saturated rings. The van der Waals surface area contributed by atoms with Crippen molar-refractivity contribution >= 4 is 65.9 Å². The van der Waals surface area contributed by atoms with Crippen molar-refractivity contribution in [3.8, 4) is 0 Å². The van der Waals surface area contributed by atoms with Crippen LogP contribution in [0.1, 0.15) is 25.7 Å². The molecule has 0 aromatic carbocycles. The van der Waals surface area contributed by atoms with Gasteiger partial charge < -0.3 is 14.8 Å². The fraction of sp³-hybridized carbons (Fsp3) is 1.00. The number of hydrogen-bond acceptors (Lipinski definition) is 5. The summed E-state index contributed by atoms with van der Waals surface area (Å²) in [6.45, 7) is -0.251. The van der Waals surface area contributed by atoms with Gasteiger partial charge in [0, 0.05) is 0 Å². The summed E-state index contributed by atoms with van der Waals surface area (Å²) in [5.74, 6) is 0. The van der Waals surface area contributed by atoms with Crippen LogP contribution in [0.3, 0.4) is 0 Å². The average molecular weight is 284 g/mol. The van der Waals surface area contributed by atoms with Crippen LogP contribution in [-0.2, 0) is 11.1 Å². The molecule has 88 valence electrons. The molecule has 0 amide bonds. The Balaban J connectivity index is 0. The molecule has 15 heavy (non-hydrogen) atoms. The van der Waals surface area contributed by atoms with Gasteiger partial charge in [-0.15, -0.1) is 25.3 Å². The molecule has 4 nitrogen and oxygen atoms in total. The third-order valence-electron chi connectivity index (χ3n) is 1.78. The predicted octanol–water partition coefficient (Wildman–Crippen LogP) is -0.0134. The third-order valence-corrected chi connectivity index (χ3v) is 3.93. The fourth-order valence-corrected chi connectivity index (χ4v) is 1.55. The van der Waals surface area contributed by atoms with E-state index in [2.05, 4.69) is 25.3 Å². The van der Waals surface area contributed by atoms with Gasteiger partial charge in [0.25, 0.3) is 0 Å². The molecular formula is C7H17NaO4S3. The van der Waals surface area contributed by atoms with E-state index in [0.717, 1.165) is 0 Å². The summed E-state index contributed by atoms with van der Waals surface area (Å²) in [6, 6.07) is 0. The van der Waals surface area contributed by atoms with Crippen LogP contribution in [0.5, 0.6) is 0 Å². The van der Waals surface area contributed by atoms with Gasteiger partial charge in [-0.05, 0) is 12.8 Å². The van der Waals surface area contributed by atoms with E-state index in [9.17, 15) is 4.21 Å². The summed E-state index contributed by atoms with van der Waals surface area (Å²) in [5, 5.41) is 17.5. The topological polar surface area (TPSA) is 77.8 Å². The van der Waals surface area contributed by atoms with E-state index in [-0.39, 0.29) is 36.2 Å². The van der Waals surface area contributed by atoms with Crippen LogP contribution in [0.15, 0.2) is 0 Å². The zero-order valence-corrected chi connectivity index (χ0v) is 10.3. The molecule has 0 saturated carbocycles. The van der Waals surface area contributed by atoms with Crippen molar-refractivity contribution in [1.29, 1.82) is 0 Å². The minimum atomic E-state index is -2.08. The Kier molecular flexibility index (Phi) is 12.4. The van der Waals surface area contributed by atoms with Crippen molar-refractivity contribution < 1.29 is 19.0 Å². The Labute approximate surface area is 126 Å². The summed E-state index contributed by atoms with van der Waals surface area (Å²) in [7, 11) is 0. The van der Waals surface area contributed by atoms with E-state index in [4.69, 9.17) is 14.8 Å². The molecule has 0 spiro atoms. The van der Waals surface area contributed by atoms with Gasteiger partial charge in [0.2, 0.25) is 0 Å². The van der Waals surface area contributed by atoms with Gasteiger partial charge in [-0.1, -0.05) is 12.8 Å². The average Bonchev–Trinajstić information content (AvgIpc) is 2.11. The van der Waals surface area contributed by atoms with Gasteiger partial charge in [-0.2, -0.15) is 0 Å². The molecular weight excluding hydrogens is 267 g/mol. The first-order chi connectivity index (χ1) is 6.40. The number of aliphatic hydroxyl groups excluding tert-OH is 2. The molecule has 0 aliphatic heterocycles. The minimum absolute atomic E-state index is 0.